The third kappa shape index (κ3) is 5.66. The molecule has 1 heterocycles. The van der Waals surface area contributed by atoms with Crippen molar-refractivity contribution in [3.05, 3.63) is 34.6 Å². The normalized spacial score (nSPS) is 17.2. The van der Waals surface area contributed by atoms with Crippen LogP contribution in [0.5, 0.6) is 0 Å². The van der Waals surface area contributed by atoms with Crippen molar-refractivity contribution in [3.8, 4) is 0 Å². The highest BCUT2D eigenvalue weighted by Gasteiger charge is 2.23. The van der Waals surface area contributed by atoms with Crippen molar-refractivity contribution in [1.29, 1.82) is 0 Å². The van der Waals surface area contributed by atoms with E-state index in [9.17, 15) is 9.18 Å². The molecule has 26 heavy (non-hydrogen) atoms. The highest BCUT2D eigenvalue weighted by atomic mass is 35.5. The number of amides is 1. The van der Waals surface area contributed by atoms with Crippen LogP contribution in [0.25, 0.3) is 0 Å². The SMILES string of the molecule is CC(CCC(=O)N1CCN(C(C)C)CC1)N(C)Cc1cccc(F)c1Cl. The van der Waals surface area contributed by atoms with E-state index in [4.69, 9.17) is 11.6 Å². The van der Waals surface area contributed by atoms with Crippen LogP contribution in [0.1, 0.15) is 39.2 Å². The second-order valence-electron chi connectivity index (χ2n) is 7.53. The number of nitrogens with zero attached hydrogens (tertiary/aromatic N) is 3. The van der Waals surface area contributed by atoms with Gasteiger partial charge in [0.25, 0.3) is 0 Å². The molecule has 0 aromatic heterocycles. The fourth-order valence-corrected chi connectivity index (χ4v) is 3.48. The molecular weight excluding hydrogens is 353 g/mol. The first-order valence-corrected chi connectivity index (χ1v) is 9.82. The largest absolute Gasteiger partial charge is 0.340 e. The van der Waals surface area contributed by atoms with Gasteiger partial charge in [-0.25, -0.2) is 4.39 Å². The molecule has 1 fully saturated rings. The molecule has 6 heteroatoms. The van der Waals surface area contributed by atoms with Crippen molar-refractivity contribution in [2.75, 3.05) is 33.2 Å². The quantitative estimate of drug-likeness (QED) is 0.719. The van der Waals surface area contributed by atoms with Crippen molar-refractivity contribution in [2.45, 2.75) is 52.2 Å². The lowest BCUT2D eigenvalue weighted by molar-refractivity contribution is -0.133. The minimum absolute atomic E-state index is 0.186. The monoisotopic (exact) mass is 383 g/mol. The number of halogens is 2. The average Bonchev–Trinajstić information content (AvgIpc) is 2.63. The number of carbonyl (C=O) groups is 1. The lowest BCUT2D eigenvalue weighted by Gasteiger charge is -2.37. The van der Waals surface area contributed by atoms with E-state index in [1.807, 2.05) is 18.0 Å². The van der Waals surface area contributed by atoms with E-state index in [0.717, 1.165) is 38.2 Å². The lowest BCUT2D eigenvalue weighted by atomic mass is 10.1. The van der Waals surface area contributed by atoms with Crippen molar-refractivity contribution in [1.82, 2.24) is 14.7 Å². The molecule has 1 atom stereocenters. The molecule has 2 rings (SSSR count). The molecule has 0 saturated carbocycles. The number of piperazine rings is 1. The summed E-state index contributed by atoms with van der Waals surface area (Å²) in [5, 5.41) is 0.186. The van der Waals surface area contributed by atoms with Gasteiger partial charge >= 0.3 is 0 Å². The molecule has 0 bridgehead atoms. The highest BCUT2D eigenvalue weighted by molar-refractivity contribution is 6.31. The molecule has 146 valence electrons. The van der Waals surface area contributed by atoms with Crippen molar-refractivity contribution < 1.29 is 9.18 Å². The number of rotatable bonds is 7. The Morgan fingerprint density at radius 3 is 2.50 bits per heavy atom. The Balaban J connectivity index is 1.78. The molecule has 0 radical (unpaired) electrons. The van der Waals surface area contributed by atoms with Crippen LogP contribution in [0.15, 0.2) is 18.2 Å². The van der Waals surface area contributed by atoms with E-state index in [-0.39, 0.29) is 22.8 Å². The molecule has 1 aliphatic heterocycles. The molecule has 1 amide bonds. The summed E-state index contributed by atoms with van der Waals surface area (Å²) in [5.41, 5.74) is 0.775. The predicted octanol–water partition coefficient (Wildman–Crippen LogP) is 3.63. The Morgan fingerprint density at radius 1 is 1.23 bits per heavy atom. The van der Waals surface area contributed by atoms with Gasteiger partial charge in [-0.1, -0.05) is 23.7 Å². The fourth-order valence-electron chi connectivity index (χ4n) is 3.29. The van der Waals surface area contributed by atoms with Gasteiger partial charge in [0, 0.05) is 51.2 Å². The Labute approximate surface area is 161 Å². The summed E-state index contributed by atoms with van der Waals surface area (Å²) in [6.45, 7) is 10.6. The molecular formula is C20H31ClFN3O. The van der Waals surface area contributed by atoms with Gasteiger partial charge in [0.1, 0.15) is 5.82 Å². The third-order valence-corrected chi connectivity index (χ3v) is 5.80. The van der Waals surface area contributed by atoms with Gasteiger partial charge in [-0.05, 0) is 45.9 Å². The summed E-state index contributed by atoms with van der Waals surface area (Å²) < 4.78 is 13.6. The zero-order valence-electron chi connectivity index (χ0n) is 16.3. The Kier molecular flexibility index (Phi) is 7.86. The minimum atomic E-state index is -0.388. The molecule has 1 aliphatic rings. The van der Waals surface area contributed by atoms with Crippen LogP contribution in [0.3, 0.4) is 0 Å². The molecule has 1 unspecified atom stereocenters. The van der Waals surface area contributed by atoms with E-state index < -0.39 is 0 Å². The predicted molar refractivity (Wildman–Crippen MR) is 105 cm³/mol. The summed E-state index contributed by atoms with van der Waals surface area (Å²) in [6.07, 6.45) is 1.33. The molecule has 4 nitrogen and oxygen atoms in total. The summed E-state index contributed by atoms with van der Waals surface area (Å²) in [5.74, 6) is -0.154. The maximum atomic E-state index is 13.6. The van der Waals surface area contributed by atoms with E-state index in [1.165, 1.54) is 6.07 Å². The number of hydrogen-bond acceptors (Lipinski definition) is 3. The summed E-state index contributed by atoms with van der Waals surface area (Å²) in [6, 6.07) is 5.64. The third-order valence-electron chi connectivity index (χ3n) is 5.38. The zero-order chi connectivity index (χ0) is 19.3. The van der Waals surface area contributed by atoms with Crippen LogP contribution in [0, 0.1) is 5.82 Å². The fraction of sp³-hybridized carbons (Fsp3) is 0.650. The van der Waals surface area contributed by atoms with Gasteiger partial charge in [0.05, 0.1) is 5.02 Å². The van der Waals surface area contributed by atoms with Gasteiger partial charge in [-0.15, -0.1) is 0 Å². The standard InChI is InChI=1S/C20H31ClFN3O/c1-15(2)24-10-12-25(13-11-24)19(26)9-8-16(3)23(4)14-17-6-5-7-18(22)20(17)21/h5-7,15-16H,8-14H2,1-4H3. The first-order valence-electron chi connectivity index (χ1n) is 9.44. The number of hydrogen-bond donors (Lipinski definition) is 0. The molecule has 1 saturated heterocycles. The van der Waals surface area contributed by atoms with E-state index in [0.29, 0.717) is 19.0 Å². The molecule has 1 aromatic carbocycles. The van der Waals surface area contributed by atoms with Crippen LogP contribution in [0.2, 0.25) is 5.02 Å². The van der Waals surface area contributed by atoms with Crippen LogP contribution in [-0.4, -0.2) is 65.9 Å². The topological polar surface area (TPSA) is 26.8 Å². The zero-order valence-corrected chi connectivity index (χ0v) is 17.1. The molecule has 1 aromatic rings. The Morgan fingerprint density at radius 2 is 1.88 bits per heavy atom. The smallest absolute Gasteiger partial charge is 0.222 e. The summed E-state index contributed by atoms with van der Waals surface area (Å²) in [7, 11) is 1.98. The van der Waals surface area contributed by atoms with Crippen molar-refractivity contribution >= 4 is 17.5 Å². The molecule has 0 aliphatic carbocycles. The second kappa shape index (κ2) is 9.67. The molecule has 0 N–H and O–H groups in total. The van der Waals surface area contributed by atoms with Gasteiger partial charge in [-0.2, -0.15) is 0 Å². The van der Waals surface area contributed by atoms with Gasteiger partial charge in [-0.3, -0.25) is 14.6 Å². The van der Waals surface area contributed by atoms with Gasteiger partial charge < -0.3 is 4.90 Å². The van der Waals surface area contributed by atoms with E-state index in [2.05, 4.69) is 30.6 Å². The van der Waals surface area contributed by atoms with Gasteiger partial charge in [0.2, 0.25) is 5.91 Å². The first-order chi connectivity index (χ1) is 12.3. The second-order valence-corrected chi connectivity index (χ2v) is 7.90. The maximum Gasteiger partial charge on any atom is 0.222 e. The Hall–Kier alpha value is -1.17. The lowest BCUT2D eigenvalue weighted by Crippen LogP contribution is -2.50. The van der Waals surface area contributed by atoms with E-state index >= 15 is 0 Å². The van der Waals surface area contributed by atoms with Crippen LogP contribution in [-0.2, 0) is 11.3 Å². The maximum absolute atomic E-state index is 13.6. The van der Waals surface area contributed by atoms with Crippen LogP contribution in [0.4, 0.5) is 4.39 Å². The minimum Gasteiger partial charge on any atom is -0.340 e. The summed E-state index contributed by atoms with van der Waals surface area (Å²) in [4.78, 5) is 19.0. The Bertz CT molecular complexity index is 603. The number of carbonyl (C=O) groups excluding carboxylic acids is 1. The van der Waals surface area contributed by atoms with Gasteiger partial charge in [0.15, 0.2) is 0 Å². The van der Waals surface area contributed by atoms with Crippen LogP contribution < -0.4 is 0 Å². The highest BCUT2D eigenvalue weighted by Crippen LogP contribution is 2.22. The number of benzene rings is 1. The van der Waals surface area contributed by atoms with Crippen molar-refractivity contribution in [3.63, 3.8) is 0 Å². The average molecular weight is 384 g/mol. The summed E-state index contributed by atoms with van der Waals surface area (Å²) >= 11 is 6.04. The van der Waals surface area contributed by atoms with E-state index in [1.54, 1.807) is 6.07 Å². The first kappa shape index (κ1) is 21.1. The van der Waals surface area contributed by atoms with Crippen molar-refractivity contribution in [2.24, 2.45) is 0 Å². The molecule has 0 spiro atoms. The van der Waals surface area contributed by atoms with Crippen LogP contribution >= 0.6 is 11.6 Å².